The number of halogens is 1. The van der Waals surface area contributed by atoms with Crippen LogP contribution in [0.1, 0.15) is 32.8 Å². The van der Waals surface area contributed by atoms with Gasteiger partial charge in [0.05, 0.1) is 5.02 Å². The van der Waals surface area contributed by atoms with E-state index in [0.29, 0.717) is 35.7 Å². The zero-order valence-electron chi connectivity index (χ0n) is 17.1. The van der Waals surface area contributed by atoms with Gasteiger partial charge < -0.3 is 20.7 Å². The monoisotopic (exact) mass is 450 g/mol. The molecule has 1 aliphatic rings. The molecule has 2 aromatic carbocycles. The number of nitrogens with zero attached hydrogens (tertiary/aromatic N) is 1. The van der Waals surface area contributed by atoms with Gasteiger partial charge in [0.25, 0.3) is 5.91 Å². The Bertz CT molecular complexity index is 1230. The van der Waals surface area contributed by atoms with Gasteiger partial charge in [-0.2, -0.15) is 0 Å². The van der Waals surface area contributed by atoms with E-state index < -0.39 is 6.03 Å². The number of aromatic nitrogens is 1. The second kappa shape index (κ2) is 9.07. The first-order valence-corrected chi connectivity index (χ1v) is 10.2. The third-order valence-corrected chi connectivity index (χ3v) is 5.19. The van der Waals surface area contributed by atoms with E-state index in [9.17, 15) is 14.4 Å². The lowest BCUT2D eigenvalue weighted by molar-refractivity contribution is 0.0956. The van der Waals surface area contributed by atoms with Crippen molar-refractivity contribution in [3.63, 3.8) is 0 Å². The summed E-state index contributed by atoms with van der Waals surface area (Å²) in [6, 6.07) is 12.7. The van der Waals surface area contributed by atoms with Crippen molar-refractivity contribution in [2.75, 3.05) is 17.7 Å². The highest BCUT2D eigenvalue weighted by molar-refractivity contribution is 6.32. The number of anilines is 2. The van der Waals surface area contributed by atoms with E-state index in [0.717, 1.165) is 11.1 Å². The zero-order chi connectivity index (χ0) is 22.7. The number of fused-ring (bicyclic) bond motifs is 1. The van der Waals surface area contributed by atoms with Crippen molar-refractivity contribution in [1.82, 2.24) is 10.3 Å². The quantitative estimate of drug-likeness (QED) is 0.523. The Hall–Kier alpha value is -3.91. The van der Waals surface area contributed by atoms with Crippen LogP contribution in [0.4, 0.5) is 16.2 Å². The lowest BCUT2D eigenvalue weighted by atomic mass is 10.1. The summed E-state index contributed by atoms with van der Waals surface area (Å²) in [6.45, 7) is 0. The standard InChI is InChI=1S/C23H19ClN4O4/c1-25-22(30)19-12-16(8-9-26-19)32-21-7-4-15(11-18(21)24)28-23(31)27-14-3-5-17-13(10-14)2-6-20(17)29/h3-5,7-12H,2,6H2,1H3,(H,25,30)(H2,27,28,31). The van der Waals surface area contributed by atoms with E-state index in [1.54, 1.807) is 36.4 Å². The number of Topliss-reactive ketones (excluding diaryl/α,β-unsaturated/α-hetero) is 1. The minimum absolute atomic E-state index is 0.129. The maximum atomic E-state index is 12.4. The first-order chi connectivity index (χ1) is 15.4. The van der Waals surface area contributed by atoms with E-state index in [4.69, 9.17) is 16.3 Å². The Morgan fingerprint density at radius 3 is 2.50 bits per heavy atom. The number of ketones is 1. The van der Waals surface area contributed by atoms with Crippen molar-refractivity contribution in [1.29, 1.82) is 0 Å². The molecule has 0 radical (unpaired) electrons. The number of aryl methyl sites for hydroxylation is 1. The molecule has 162 valence electrons. The molecule has 3 N–H and O–H groups in total. The molecule has 1 aromatic heterocycles. The SMILES string of the molecule is CNC(=O)c1cc(Oc2ccc(NC(=O)Nc3ccc4c(c3)CCC4=O)cc2Cl)ccn1. The van der Waals surface area contributed by atoms with Gasteiger partial charge in [-0.3, -0.25) is 14.6 Å². The normalized spacial score (nSPS) is 12.1. The first kappa shape index (κ1) is 21.3. The average Bonchev–Trinajstić information content (AvgIpc) is 3.15. The molecule has 32 heavy (non-hydrogen) atoms. The summed E-state index contributed by atoms with van der Waals surface area (Å²) in [7, 11) is 1.52. The van der Waals surface area contributed by atoms with Crippen molar-refractivity contribution in [3.05, 3.63) is 76.6 Å². The molecule has 3 amide bonds. The van der Waals surface area contributed by atoms with Gasteiger partial charge in [-0.15, -0.1) is 0 Å². The molecule has 9 heteroatoms. The number of amides is 3. The molecule has 4 rings (SSSR count). The minimum Gasteiger partial charge on any atom is -0.456 e. The third kappa shape index (κ3) is 4.70. The van der Waals surface area contributed by atoms with Crippen LogP contribution in [0.2, 0.25) is 5.02 Å². The molecule has 0 bridgehead atoms. The second-order valence-corrected chi connectivity index (χ2v) is 7.48. The van der Waals surface area contributed by atoms with Crippen molar-refractivity contribution < 1.29 is 19.1 Å². The van der Waals surface area contributed by atoms with Crippen LogP contribution in [0.3, 0.4) is 0 Å². The summed E-state index contributed by atoms with van der Waals surface area (Å²) < 4.78 is 5.74. The Morgan fingerprint density at radius 1 is 1.00 bits per heavy atom. The van der Waals surface area contributed by atoms with Gasteiger partial charge in [-0.05, 0) is 54.4 Å². The summed E-state index contributed by atoms with van der Waals surface area (Å²) in [5.74, 6) is 0.552. The summed E-state index contributed by atoms with van der Waals surface area (Å²) >= 11 is 6.31. The number of benzene rings is 2. The van der Waals surface area contributed by atoms with E-state index in [-0.39, 0.29) is 22.4 Å². The topological polar surface area (TPSA) is 109 Å². The zero-order valence-corrected chi connectivity index (χ0v) is 17.8. The van der Waals surface area contributed by atoms with Gasteiger partial charge in [0.15, 0.2) is 5.78 Å². The fourth-order valence-electron chi connectivity index (χ4n) is 3.34. The van der Waals surface area contributed by atoms with Crippen LogP contribution in [0.5, 0.6) is 11.5 Å². The highest BCUT2D eigenvalue weighted by Gasteiger charge is 2.19. The predicted molar refractivity (Wildman–Crippen MR) is 121 cm³/mol. The maximum absolute atomic E-state index is 12.4. The molecule has 3 aromatic rings. The van der Waals surface area contributed by atoms with Crippen molar-refractivity contribution in [2.24, 2.45) is 0 Å². The molecular weight excluding hydrogens is 432 g/mol. The highest BCUT2D eigenvalue weighted by atomic mass is 35.5. The highest BCUT2D eigenvalue weighted by Crippen LogP contribution is 2.32. The molecule has 0 atom stereocenters. The Balaban J connectivity index is 1.41. The Morgan fingerprint density at radius 2 is 1.75 bits per heavy atom. The van der Waals surface area contributed by atoms with Gasteiger partial charge >= 0.3 is 6.03 Å². The van der Waals surface area contributed by atoms with Gasteiger partial charge in [0, 0.05) is 42.7 Å². The summed E-state index contributed by atoms with van der Waals surface area (Å²) in [5, 5.41) is 8.23. The number of hydrogen-bond donors (Lipinski definition) is 3. The molecule has 0 saturated carbocycles. The van der Waals surface area contributed by atoms with Crippen LogP contribution < -0.4 is 20.7 Å². The number of hydrogen-bond acceptors (Lipinski definition) is 5. The largest absolute Gasteiger partial charge is 0.456 e. The van der Waals surface area contributed by atoms with Crippen molar-refractivity contribution in [2.45, 2.75) is 12.8 Å². The van der Waals surface area contributed by atoms with Crippen LogP contribution in [-0.4, -0.2) is 29.8 Å². The van der Waals surface area contributed by atoms with Crippen LogP contribution in [0, 0.1) is 0 Å². The average molecular weight is 451 g/mol. The summed E-state index contributed by atoms with van der Waals surface area (Å²) in [5.41, 5.74) is 2.94. The predicted octanol–water partition coefficient (Wildman–Crippen LogP) is 4.66. The lowest BCUT2D eigenvalue weighted by Gasteiger charge is -2.12. The fraction of sp³-hybridized carbons (Fsp3) is 0.130. The Kier molecular flexibility index (Phi) is 6.04. The van der Waals surface area contributed by atoms with Crippen molar-refractivity contribution in [3.8, 4) is 11.5 Å². The molecule has 0 saturated heterocycles. The molecule has 1 aliphatic carbocycles. The van der Waals surface area contributed by atoms with Gasteiger partial charge in [0.2, 0.25) is 0 Å². The minimum atomic E-state index is -0.441. The fourth-order valence-corrected chi connectivity index (χ4v) is 3.56. The van der Waals surface area contributed by atoms with Crippen LogP contribution >= 0.6 is 11.6 Å². The first-order valence-electron chi connectivity index (χ1n) is 9.82. The molecule has 0 unspecified atom stereocenters. The molecule has 8 nitrogen and oxygen atoms in total. The molecule has 1 heterocycles. The molecule has 0 spiro atoms. The van der Waals surface area contributed by atoms with Crippen LogP contribution in [0.25, 0.3) is 0 Å². The number of carbonyl (C=O) groups is 3. The molecule has 0 aliphatic heterocycles. The third-order valence-electron chi connectivity index (χ3n) is 4.89. The van der Waals surface area contributed by atoms with E-state index in [1.807, 2.05) is 6.07 Å². The van der Waals surface area contributed by atoms with Gasteiger partial charge in [-0.1, -0.05) is 11.6 Å². The van der Waals surface area contributed by atoms with Crippen molar-refractivity contribution >= 4 is 40.7 Å². The van der Waals surface area contributed by atoms with Gasteiger partial charge in [0.1, 0.15) is 17.2 Å². The smallest absolute Gasteiger partial charge is 0.323 e. The van der Waals surface area contributed by atoms with E-state index in [1.165, 1.54) is 19.3 Å². The second-order valence-electron chi connectivity index (χ2n) is 7.08. The Labute approximate surface area is 189 Å². The number of carbonyl (C=O) groups excluding carboxylic acids is 3. The lowest BCUT2D eigenvalue weighted by Crippen LogP contribution is -2.19. The number of pyridine rings is 1. The summed E-state index contributed by atoms with van der Waals surface area (Å²) in [6.07, 6.45) is 2.65. The maximum Gasteiger partial charge on any atom is 0.323 e. The van der Waals surface area contributed by atoms with Crippen LogP contribution in [0.15, 0.2) is 54.7 Å². The number of ether oxygens (including phenoxy) is 1. The summed E-state index contributed by atoms with van der Waals surface area (Å²) in [4.78, 5) is 39.8. The van der Waals surface area contributed by atoms with Crippen LogP contribution in [-0.2, 0) is 6.42 Å². The molecular formula is C23H19ClN4O4. The molecule has 0 fully saturated rings. The van der Waals surface area contributed by atoms with Gasteiger partial charge in [-0.25, -0.2) is 4.79 Å². The number of urea groups is 1. The number of nitrogens with one attached hydrogen (secondary N) is 3. The number of rotatable bonds is 5. The van der Waals surface area contributed by atoms with E-state index >= 15 is 0 Å². The van der Waals surface area contributed by atoms with E-state index in [2.05, 4.69) is 20.9 Å².